The lowest BCUT2D eigenvalue weighted by Gasteiger charge is -2.24. The molecular formula is C26H27ClF2N2O5. The summed E-state index contributed by atoms with van der Waals surface area (Å²) in [6, 6.07) is 10.9. The standard InChI is InChI=1S/C26H27ClF2N2O5/c1-15-22(23(32)30-21-12-31(14-26(21,28)29)24(33)36-25(2,3)4)17-10-20(18(27)11-19(17)35-15)34-13-16-8-6-5-7-9-16/h5-11,21H,12-14H2,1-4H3,(H,30,32). The highest BCUT2D eigenvalue weighted by atomic mass is 35.5. The van der Waals surface area contributed by atoms with Gasteiger partial charge in [-0.25, -0.2) is 13.6 Å². The van der Waals surface area contributed by atoms with Gasteiger partial charge in [0.25, 0.3) is 11.8 Å². The summed E-state index contributed by atoms with van der Waals surface area (Å²) in [5, 5.41) is 3.04. The van der Waals surface area contributed by atoms with Gasteiger partial charge in [-0.05, 0) is 39.3 Å². The van der Waals surface area contributed by atoms with Crippen molar-refractivity contribution in [3.8, 4) is 5.75 Å². The zero-order valence-electron chi connectivity index (χ0n) is 20.4. The molecule has 1 aliphatic heterocycles. The van der Waals surface area contributed by atoms with Crippen LogP contribution in [0.15, 0.2) is 46.9 Å². The number of nitrogens with zero attached hydrogens (tertiary/aromatic N) is 1. The van der Waals surface area contributed by atoms with Crippen LogP contribution >= 0.6 is 11.6 Å². The van der Waals surface area contributed by atoms with Crippen LogP contribution in [0.2, 0.25) is 5.02 Å². The van der Waals surface area contributed by atoms with Crippen molar-refractivity contribution in [1.82, 2.24) is 10.2 Å². The molecule has 0 radical (unpaired) electrons. The number of ether oxygens (including phenoxy) is 2. The van der Waals surface area contributed by atoms with E-state index in [0.29, 0.717) is 16.7 Å². The van der Waals surface area contributed by atoms with Gasteiger partial charge in [0.1, 0.15) is 35.3 Å². The average molecular weight is 521 g/mol. The van der Waals surface area contributed by atoms with E-state index in [9.17, 15) is 18.4 Å². The topological polar surface area (TPSA) is 81.0 Å². The highest BCUT2D eigenvalue weighted by Crippen LogP contribution is 2.36. The van der Waals surface area contributed by atoms with E-state index < -0.39 is 36.1 Å². The number of hydrogen-bond donors (Lipinski definition) is 1. The van der Waals surface area contributed by atoms with Gasteiger partial charge in [0.15, 0.2) is 0 Å². The van der Waals surface area contributed by atoms with E-state index in [2.05, 4.69) is 5.32 Å². The van der Waals surface area contributed by atoms with Gasteiger partial charge in [0.2, 0.25) is 0 Å². The second-order valence-corrected chi connectivity index (χ2v) is 10.1. The minimum atomic E-state index is -3.34. The van der Waals surface area contributed by atoms with E-state index in [1.165, 1.54) is 6.07 Å². The van der Waals surface area contributed by atoms with Crippen LogP contribution in [0, 0.1) is 6.92 Å². The number of furan rings is 1. The molecule has 0 aliphatic carbocycles. The third kappa shape index (κ3) is 5.56. The van der Waals surface area contributed by atoms with E-state index in [4.69, 9.17) is 25.5 Å². The number of amides is 2. The Kier molecular flexibility index (Phi) is 6.88. The summed E-state index contributed by atoms with van der Waals surface area (Å²) in [4.78, 5) is 26.3. The number of aryl methyl sites for hydroxylation is 1. The molecule has 10 heteroatoms. The first-order valence-electron chi connectivity index (χ1n) is 11.4. The first kappa shape index (κ1) is 25.8. The highest BCUT2D eigenvalue weighted by Gasteiger charge is 2.51. The fourth-order valence-corrected chi connectivity index (χ4v) is 4.19. The van der Waals surface area contributed by atoms with Crippen LogP contribution in [0.1, 0.15) is 42.5 Å². The molecule has 2 heterocycles. The summed E-state index contributed by atoms with van der Waals surface area (Å²) in [6.07, 6.45) is -0.862. The van der Waals surface area contributed by atoms with E-state index >= 15 is 0 Å². The van der Waals surface area contributed by atoms with Crippen molar-refractivity contribution >= 4 is 34.6 Å². The van der Waals surface area contributed by atoms with Gasteiger partial charge in [-0.15, -0.1) is 0 Å². The maximum atomic E-state index is 14.7. The normalized spacial score (nSPS) is 17.3. The number of benzene rings is 2. The van der Waals surface area contributed by atoms with Crippen LogP contribution < -0.4 is 10.1 Å². The molecule has 4 rings (SSSR count). The number of fused-ring (bicyclic) bond motifs is 1. The largest absolute Gasteiger partial charge is 0.487 e. The number of likely N-dealkylation sites (tertiary alicyclic amines) is 1. The molecule has 3 aromatic rings. The molecule has 1 unspecified atom stereocenters. The number of rotatable bonds is 5. The first-order valence-corrected chi connectivity index (χ1v) is 11.8. The molecule has 1 saturated heterocycles. The first-order chi connectivity index (χ1) is 16.8. The summed E-state index contributed by atoms with van der Waals surface area (Å²) in [5.74, 6) is -3.53. The zero-order chi connectivity index (χ0) is 26.3. The molecule has 7 nitrogen and oxygen atoms in total. The molecule has 1 aromatic heterocycles. The molecule has 1 N–H and O–H groups in total. The quantitative estimate of drug-likeness (QED) is 0.449. The number of carbonyl (C=O) groups excluding carboxylic acids is 2. The van der Waals surface area contributed by atoms with E-state index in [1.807, 2.05) is 30.3 Å². The number of alkyl halides is 2. The zero-order valence-corrected chi connectivity index (χ0v) is 21.1. The molecule has 1 atom stereocenters. The molecule has 1 aliphatic rings. The molecule has 0 spiro atoms. The molecule has 2 aromatic carbocycles. The second-order valence-electron chi connectivity index (χ2n) is 9.73. The second kappa shape index (κ2) is 9.61. The molecule has 1 fully saturated rings. The van der Waals surface area contributed by atoms with Gasteiger partial charge in [-0.2, -0.15) is 0 Å². The Hall–Kier alpha value is -3.33. The Labute approximate surface area is 212 Å². The third-order valence-electron chi connectivity index (χ3n) is 5.65. The van der Waals surface area contributed by atoms with Gasteiger partial charge in [0, 0.05) is 11.5 Å². The Morgan fingerprint density at radius 3 is 2.58 bits per heavy atom. The number of hydrogen-bond acceptors (Lipinski definition) is 5. The average Bonchev–Trinajstić information content (AvgIpc) is 3.26. The smallest absolute Gasteiger partial charge is 0.410 e. The summed E-state index contributed by atoms with van der Waals surface area (Å²) in [5.41, 5.74) is 0.510. The SMILES string of the molecule is Cc1oc2cc(Cl)c(OCc3ccccc3)cc2c1C(=O)NC1CN(C(=O)OC(C)(C)C)CC1(F)F. The Morgan fingerprint density at radius 1 is 1.22 bits per heavy atom. The van der Waals surface area contributed by atoms with Crippen LogP contribution in [0.5, 0.6) is 5.75 Å². The van der Waals surface area contributed by atoms with Gasteiger partial charge in [-0.3, -0.25) is 9.69 Å². The Morgan fingerprint density at radius 2 is 1.92 bits per heavy atom. The highest BCUT2D eigenvalue weighted by molar-refractivity contribution is 6.33. The fourth-order valence-electron chi connectivity index (χ4n) is 3.98. The van der Waals surface area contributed by atoms with Crippen molar-refractivity contribution in [1.29, 1.82) is 0 Å². The molecule has 36 heavy (non-hydrogen) atoms. The minimum absolute atomic E-state index is 0.0951. The lowest BCUT2D eigenvalue weighted by molar-refractivity contribution is -0.0153. The molecule has 0 bridgehead atoms. The summed E-state index contributed by atoms with van der Waals surface area (Å²) in [7, 11) is 0. The maximum Gasteiger partial charge on any atom is 0.410 e. The maximum absolute atomic E-state index is 14.7. The number of halogens is 3. The van der Waals surface area contributed by atoms with Crippen LogP contribution in [-0.4, -0.2) is 47.6 Å². The van der Waals surface area contributed by atoms with Crippen LogP contribution in [0.4, 0.5) is 13.6 Å². The number of carbonyl (C=O) groups is 2. The molecular weight excluding hydrogens is 494 g/mol. The fraction of sp³-hybridized carbons (Fsp3) is 0.385. The molecule has 2 amide bonds. The molecule has 192 valence electrons. The summed E-state index contributed by atoms with van der Waals surface area (Å²) < 4.78 is 46.2. The van der Waals surface area contributed by atoms with Crippen LogP contribution in [0.25, 0.3) is 11.0 Å². The van der Waals surface area contributed by atoms with Gasteiger partial charge in [-0.1, -0.05) is 41.9 Å². The molecule has 0 saturated carbocycles. The van der Waals surface area contributed by atoms with Gasteiger partial charge in [0.05, 0.1) is 23.7 Å². The van der Waals surface area contributed by atoms with Crippen molar-refractivity contribution in [2.75, 3.05) is 13.1 Å². The van der Waals surface area contributed by atoms with Crippen molar-refractivity contribution < 1.29 is 32.3 Å². The monoisotopic (exact) mass is 520 g/mol. The predicted octanol–water partition coefficient (Wildman–Crippen LogP) is 5.96. The third-order valence-corrected chi connectivity index (χ3v) is 5.95. The number of nitrogens with one attached hydrogen (secondary N) is 1. The van der Waals surface area contributed by atoms with E-state index in [1.54, 1.807) is 33.8 Å². The lowest BCUT2D eigenvalue weighted by atomic mass is 10.1. The lowest BCUT2D eigenvalue weighted by Crippen LogP contribution is -2.46. The minimum Gasteiger partial charge on any atom is -0.487 e. The summed E-state index contributed by atoms with van der Waals surface area (Å²) >= 11 is 6.34. The van der Waals surface area contributed by atoms with Crippen molar-refractivity contribution in [3.05, 3.63) is 64.4 Å². The van der Waals surface area contributed by atoms with Gasteiger partial charge < -0.3 is 19.2 Å². The predicted molar refractivity (Wildman–Crippen MR) is 131 cm³/mol. The van der Waals surface area contributed by atoms with Crippen molar-refractivity contribution in [2.45, 2.75) is 51.9 Å². The van der Waals surface area contributed by atoms with E-state index in [0.717, 1.165) is 10.5 Å². The van der Waals surface area contributed by atoms with Crippen molar-refractivity contribution in [2.24, 2.45) is 0 Å². The van der Waals surface area contributed by atoms with Gasteiger partial charge >= 0.3 is 6.09 Å². The van der Waals surface area contributed by atoms with Crippen LogP contribution in [-0.2, 0) is 11.3 Å². The summed E-state index contributed by atoms with van der Waals surface area (Å²) in [6.45, 7) is 5.51. The Bertz CT molecular complexity index is 1290. The van der Waals surface area contributed by atoms with E-state index in [-0.39, 0.29) is 29.5 Å². The van der Waals surface area contributed by atoms with Crippen LogP contribution in [0.3, 0.4) is 0 Å². The van der Waals surface area contributed by atoms with Crippen molar-refractivity contribution in [3.63, 3.8) is 0 Å². The Balaban J connectivity index is 1.54.